The van der Waals surface area contributed by atoms with Crippen molar-refractivity contribution in [1.82, 2.24) is 9.62 Å². The highest BCUT2D eigenvalue weighted by Gasteiger charge is 2.29. The SMILES string of the molecule is CC[C@@H](NC(=O)c1cc(S(=O)(=O)N2CCC(C)CC2)ccc1OC)c1ccc(OC)c(C)c1. The summed E-state index contributed by atoms with van der Waals surface area (Å²) in [7, 11) is -0.590. The summed E-state index contributed by atoms with van der Waals surface area (Å²) in [6.45, 7) is 7.06. The molecule has 1 fully saturated rings. The minimum Gasteiger partial charge on any atom is -0.496 e. The maximum atomic E-state index is 13.2. The Balaban J connectivity index is 1.88. The molecule has 3 rings (SSSR count). The predicted octanol–water partition coefficient (Wildman–Crippen LogP) is 4.31. The summed E-state index contributed by atoms with van der Waals surface area (Å²) in [5.41, 5.74) is 2.13. The van der Waals surface area contributed by atoms with Crippen molar-refractivity contribution in [1.29, 1.82) is 0 Å². The number of hydrogen-bond acceptors (Lipinski definition) is 5. The fourth-order valence-electron chi connectivity index (χ4n) is 4.17. The maximum Gasteiger partial charge on any atom is 0.255 e. The van der Waals surface area contributed by atoms with Crippen LogP contribution in [0.5, 0.6) is 11.5 Å². The average Bonchev–Trinajstić information content (AvgIpc) is 2.82. The molecule has 1 heterocycles. The number of rotatable bonds is 8. The Morgan fingerprint density at radius 3 is 2.30 bits per heavy atom. The number of carbonyl (C=O) groups is 1. The summed E-state index contributed by atoms with van der Waals surface area (Å²) in [6, 6.07) is 10.0. The molecule has 0 aromatic heterocycles. The number of sulfonamides is 1. The summed E-state index contributed by atoms with van der Waals surface area (Å²) < 4.78 is 38.6. The molecule has 0 bridgehead atoms. The molecule has 0 aliphatic carbocycles. The first-order chi connectivity index (χ1) is 15.7. The van der Waals surface area contributed by atoms with Crippen molar-refractivity contribution < 1.29 is 22.7 Å². The zero-order valence-electron chi connectivity index (χ0n) is 20.1. The quantitative estimate of drug-likeness (QED) is 0.616. The smallest absolute Gasteiger partial charge is 0.255 e. The van der Waals surface area contributed by atoms with Crippen LogP contribution in [0, 0.1) is 12.8 Å². The Morgan fingerprint density at radius 1 is 1.09 bits per heavy atom. The first kappa shape index (κ1) is 25.1. The number of piperidine rings is 1. The van der Waals surface area contributed by atoms with Gasteiger partial charge in [-0.3, -0.25) is 4.79 Å². The zero-order valence-corrected chi connectivity index (χ0v) is 20.9. The standard InChI is InChI=1S/C25H34N2O5S/c1-6-22(19-7-9-23(31-4)18(3)15-19)26-25(28)21-16-20(8-10-24(21)32-5)33(29,30)27-13-11-17(2)12-14-27/h7-10,15-17,22H,6,11-14H2,1-5H3,(H,26,28)/t22-/m1/s1. The monoisotopic (exact) mass is 474 g/mol. The first-order valence-electron chi connectivity index (χ1n) is 11.3. The van der Waals surface area contributed by atoms with E-state index in [-0.39, 0.29) is 22.4 Å². The van der Waals surface area contributed by atoms with E-state index in [1.165, 1.54) is 23.5 Å². The van der Waals surface area contributed by atoms with Gasteiger partial charge in [-0.1, -0.05) is 26.0 Å². The molecule has 7 nitrogen and oxygen atoms in total. The summed E-state index contributed by atoms with van der Waals surface area (Å²) in [4.78, 5) is 13.4. The Hall–Kier alpha value is -2.58. The van der Waals surface area contributed by atoms with Crippen LogP contribution in [-0.2, 0) is 10.0 Å². The molecule has 1 aliphatic heterocycles. The molecule has 1 saturated heterocycles. The van der Waals surface area contributed by atoms with Gasteiger partial charge in [0.15, 0.2) is 0 Å². The Bertz CT molecular complexity index is 1090. The summed E-state index contributed by atoms with van der Waals surface area (Å²) in [5, 5.41) is 3.03. The van der Waals surface area contributed by atoms with Gasteiger partial charge in [0, 0.05) is 13.1 Å². The van der Waals surface area contributed by atoms with E-state index in [0.29, 0.717) is 31.2 Å². The third kappa shape index (κ3) is 5.50. The van der Waals surface area contributed by atoms with E-state index in [9.17, 15) is 13.2 Å². The van der Waals surface area contributed by atoms with E-state index in [1.54, 1.807) is 13.2 Å². The summed E-state index contributed by atoms with van der Waals surface area (Å²) >= 11 is 0. The lowest BCUT2D eigenvalue weighted by molar-refractivity contribution is 0.0932. The topological polar surface area (TPSA) is 84.9 Å². The number of methoxy groups -OCH3 is 2. The highest BCUT2D eigenvalue weighted by Crippen LogP contribution is 2.29. The Kier molecular flexibility index (Phi) is 8.02. The number of aryl methyl sites for hydroxylation is 1. The van der Waals surface area contributed by atoms with Gasteiger partial charge in [0.1, 0.15) is 11.5 Å². The van der Waals surface area contributed by atoms with Crippen LogP contribution in [0.2, 0.25) is 0 Å². The van der Waals surface area contributed by atoms with Crippen LogP contribution in [-0.4, -0.2) is 45.9 Å². The molecule has 0 radical (unpaired) electrons. The van der Waals surface area contributed by atoms with Gasteiger partial charge < -0.3 is 14.8 Å². The van der Waals surface area contributed by atoms with E-state index < -0.39 is 10.0 Å². The molecular weight excluding hydrogens is 440 g/mol. The van der Waals surface area contributed by atoms with Gasteiger partial charge in [-0.25, -0.2) is 8.42 Å². The number of nitrogens with one attached hydrogen (secondary N) is 1. The third-order valence-electron chi connectivity index (χ3n) is 6.33. The molecule has 33 heavy (non-hydrogen) atoms. The molecule has 2 aromatic carbocycles. The number of amides is 1. The number of ether oxygens (including phenoxy) is 2. The van der Waals surface area contributed by atoms with E-state index in [2.05, 4.69) is 12.2 Å². The van der Waals surface area contributed by atoms with Crippen LogP contribution < -0.4 is 14.8 Å². The highest BCUT2D eigenvalue weighted by atomic mass is 32.2. The van der Waals surface area contributed by atoms with Crippen molar-refractivity contribution in [3.8, 4) is 11.5 Å². The highest BCUT2D eigenvalue weighted by molar-refractivity contribution is 7.89. The fourth-order valence-corrected chi connectivity index (χ4v) is 5.67. The first-order valence-corrected chi connectivity index (χ1v) is 12.8. The van der Waals surface area contributed by atoms with E-state index in [0.717, 1.165) is 29.7 Å². The molecule has 1 N–H and O–H groups in total. The number of nitrogens with zero attached hydrogens (tertiary/aromatic N) is 1. The van der Waals surface area contributed by atoms with Gasteiger partial charge in [0.05, 0.1) is 30.7 Å². The molecule has 1 aliphatic rings. The van der Waals surface area contributed by atoms with Gasteiger partial charge >= 0.3 is 0 Å². The second kappa shape index (κ2) is 10.6. The minimum absolute atomic E-state index is 0.108. The molecule has 1 amide bonds. The van der Waals surface area contributed by atoms with Crippen molar-refractivity contribution in [3.05, 3.63) is 53.1 Å². The van der Waals surface area contributed by atoms with Crippen LogP contribution in [0.3, 0.4) is 0 Å². The van der Waals surface area contributed by atoms with Crippen LogP contribution in [0.25, 0.3) is 0 Å². The van der Waals surface area contributed by atoms with Crippen molar-refractivity contribution in [2.24, 2.45) is 5.92 Å². The van der Waals surface area contributed by atoms with Gasteiger partial charge in [0.25, 0.3) is 5.91 Å². The van der Waals surface area contributed by atoms with Crippen molar-refractivity contribution >= 4 is 15.9 Å². The van der Waals surface area contributed by atoms with Crippen molar-refractivity contribution in [3.63, 3.8) is 0 Å². The van der Waals surface area contributed by atoms with Gasteiger partial charge in [-0.2, -0.15) is 4.31 Å². The normalized spacial score (nSPS) is 16.3. The number of hydrogen-bond donors (Lipinski definition) is 1. The number of benzene rings is 2. The molecule has 8 heteroatoms. The lowest BCUT2D eigenvalue weighted by atomic mass is 10.0. The summed E-state index contributed by atoms with van der Waals surface area (Å²) in [5.74, 6) is 1.25. The van der Waals surface area contributed by atoms with Crippen LogP contribution in [0.15, 0.2) is 41.3 Å². The van der Waals surface area contributed by atoms with E-state index in [1.807, 2.05) is 32.0 Å². The zero-order chi connectivity index (χ0) is 24.2. The second-order valence-electron chi connectivity index (χ2n) is 8.61. The van der Waals surface area contributed by atoms with Gasteiger partial charge in [0.2, 0.25) is 10.0 Å². The fraction of sp³-hybridized carbons (Fsp3) is 0.480. The molecule has 180 valence electrons. The molecule has 0 saturated carbocycles. The van der Waals surface area contributed by atoms with Crippen LogP contribution in [0.1, 0.15) is 60.6 Å². The molecule has 1 atom stereocenters. The third-order valence-corrected chi connectivity index (χ3v) is 8.23. The predicted molar refractivity (Wildman–Crippen MR) is 128 cm³/mol. The van der Waals surface area contributed by atoms with Crippen molar-refractivity contribution in [2.75, 3.05) is 27.3 Å². The van der Waals surface area contributed by atoms with E-state index >= 15 is 0 Å². The Morgan fingerprint density at radius 2 is 1.73 bits per heavy atom. The molecule has 2 aromatic rings. The lowest BCUT2D eigenvalue weighted by Gasteiger charge is -2.29. The molecular formula is C25H34N2O5S. The second-order valence-corrected chi connectivity index (χ2v) is 10.5. The largest absolute Gasteiger partial charge is 0.496 e. The minimum atomic E-state index is -3.68. The van der Waals surface area contributed by atoms with Gasteiger partial charge in [-0.15, -0.1) is 0 Å². The molecule has 0 spiro atoms. The average molecular weight is 475 g/mol. The van der Waals surface area contributed by atoms with Crippen LogP contribution >= 0.6 is 0 Å². The van der Waals surface area contributed by atoms with Crippen LogP contribution in [0.4, 0.5) is 0 Å². The lowest BCUT2D eigenvalue weighted by Crippen LogP contribution is -2.38. The van der Waals surface area contributed by atoms with Gasteiger partial charge in [-0.05, 0) is 67.5 Å². The summed E-state index contributed by atoms with van der Waals surface area (Å²) in [6.07, 6.45) is 2.34. The van der Waals surface area contributed by atoms with E-state index in [4.69, 9.17) is 9.47 Å². The Labute approximate surface area is 197 Å². The van der Waals surface area contributed by atoms with Crippen molar-refractivity contribution in [2.45, 2.75) is 51.0 Å². The molecule has 0 unspecified atom stereocenters. The number of carbonyl (C=O) groups excluding carboxylic acids is 1. The maximum absolute atomic E-state index is 13.2.